The molecule has 3 N–H and O–H groups in total. The number of fused-ring (bicyclic) bond motifs is 1. The predicted octanol–water partition coefficient (Wildman–Crippen LogP) is 0.549. The number of H-pyrrole nitrogens is 1. The standard InChI is InChI=1S/C14H21N5O2/c1-2-3-19-11-8-10(9-18-4-6-21-7-5-18)16-13(15)12(11)17-14(19)20/h8H,2-7,9H2,1H3,(H2,15,16)(H,17,20). The largest absolute Gasteiger partial charge is 0.382 e. The van der Waals surface area contributed by atoms with E-state index in [-0.39, 0.29) is 5.69 Å². The number of nitrogens with zero attached hydrogens (tertiary/aromatic N) is 3. The number of imidazole rings is 1. The second-order valence-corrected chi connectivity index (χ2v) is 5.36. The summed E-state index contributed by atoms with van der Waals surface area (Å²) < 4.78 is 7.08. The van der Waals surface area contributed by atoms with Gasteiger partial charge < -0.3 is 15.5 Å². The number of pyridine rings is 1. The maximum absolute atomic E-state index is 12.0. The molecule has 1 fully saturated rings. The van der Waals surface area contributed by atoms with E-state index in [2.05, 4.69) is 14.9 Å². The fraction of sp³-hybridized carbons (Fsp3) is 0.571. The summed E-state index contributed by atoms with van der Waals surface area (Å²) >= 11 is 0. The summed E-state index contributed by atoms with van der Waals surface area (Å²) in [6, 6.07) is 1.97. The Kier molecular flexibility index (Phi) is 3.94. The highest BCUT2D eigenvalue weighted by molar-refractivity contribution is 5.85. The van der Waals surface area contributed by atoms with E-state index in [1.807, 2.05) is 13.0 Å². The lowest BCUT2D eigenvalue weighted by atomic mass is 10.2. The van der Waals surface area contributed by atoms with Crippen LogP contribution < -0.4 is 11.4 Å². The van der Waals surface area contributed by atoms with Gasteiger partial charge in [-0.3, -0.25) is 9.47 Å². The lowest BCUT2D eigenvalue weighted by molar-refractivity contribution is 0.0337. The van der Waals surface area contributed by atoms with Crippen LogP contribution in [0.25, 0.3) is 11.0 Å². The molecule has 0 amide bonds. The van der Waals surface area contributed by atoms with Gasteiger partial charge in [-0.2, -0.15) is 0 Å². The topological polar surface area (TPSA) is 89.2 Å². The summed E-state index contributed by atoms with van der Waals surface area (Å²) in [5.74, 6) is 0.391. The zero-order chi connectivity index (χ0) is 14.8. The highest BCUT2D eigenvalue weighted by atomic mass is 16.5. The van der Waals surface area contributed by atoms with E-state index in [1.165, 1.54) is 0 Å². The van der Waals surface area contributed by atoms with Gasteiger partial charge in [0, 0.05) is 26.2 Å². The third-order valence-corrected chi connectivity index (χ3v) is 3.78. The number of morpholine rings is 1. The first-order chi connectivity index (χ1) is 10.2. The number of aromatic amines is 1. The molecule has 7 heteroatoms. The van der Waals surface area contributed by atoms with E-state index in [0.717, 1.165) is 50.5 Å². The monoisotopic (exact) mass is 291 g/mol. The summed E-state index contributed by atoms with van der Waals surface area (Å²) in [6.07, 6.45) is 0.897. The molecule has 21 heavy (non-hydrogen) atoms. The molecule has 1 aliphatic rings. The average Bonchev–Trinajstić information content (AvgIpc) is 2.78. The van der Waals surface area contributed by atoms with Crippen LogP contribution in [0.3, 0.4) is 0 Å². The summed E-state index contributed by atoms with van der Waals surface area (Å²) in [7, 11) is 0. The Balaban J connectivity index is 1.96. The Bertz CT molecular complexity index is 684. The Labute approximate surface area is 122 Å². The van der Waals surface area contributed by atoms with Crippen molar-refractivity contribution in [1.82, 2.24) is 19.4 Å². The van der Waals surface area contributed by atoms with Crippen molar-refractivity contribution in [2.75, 3.05) is 32.0 Å². The lowest BCUT2D eigenvalue weighted by Gasteiger charge is -2.26. The van der Waals surface area contributed by atoms with Gasteiger partial charge in [0.05, 0.1) is 24.4 Å². The van der Waals surface area contributed by atoms with Gasteiger partial charge in [-0.25, -0.2) is 9.78 Å². The molecule has 0 bridgehead atoms. The van der Waals surface area contributed by atoms with Gasteiger partial charge in [0.25, 0.3) is 0 Å². The summed E-state index contributed by atoms with van der Waals surface area (Å²) in [5, 5.41) is 0. The lowest BCUT2D eigenvalue weighted by Crippen LogP contribution is -2.35. The van der Waals surface area contributed by atoms with Gasteiger partial charge in [-0.05, 0) is 12.5 Å². The second-order valence-electron chi connectivity index (χ2n) is 5.36. The van der Waals surface area contributed by atoms with E-state index in [1.54, 1.807) is 4.57 Å². The smallest absolute Gasteiger partial charge is 0.326 e. The highest BCUT2D eigenvalue weighted by Crippen LogP contribution is 2.19. The van der Waals surface area contributed by atoms with Crippen molar-refractivity contribution < 1.29 is 4.74 Å². The first-order valence-corrected chi connectivity index (χ1v) is 7.37. The number of aryl methyl sites for hydroxylation is 1. The molecule has 0 atom stereocenters. The minimum Gasteiger partial charge on any atom is -0.382 e. The number of nitrogen functional groups attached to an aromatic ring is 1. The van der Waals surface area contributed by atoms with Crippen LogP contribution in [0.1, 0.15) is 19.0 Å². The van der Waals surface area contributed by atoms with Gasteiger partial charge in [0.15, 0.2) is 0 Å². The molecule has 0 radical (unpaired) electrons. The van der Waals surface area contributed by atoms with Crippen LogP contribution in [-0.2, 0) is 17.8 Å². The molecule has 0 aromatic carbocycles. The molecule has 3 heterocycles. The van der Waals surface area contributed by atoms with Crippen LogP contribution in [0.2, 0.25) is 0 Å². The van der Waals surface area contributed by atoms with Crippen molar-refractivity contribution in [2.24, 2.45) is 0 Å². The first-order valence-electron chi connectivity index (χ1n) is 7.37. The molecule has 2 aromatic heterocycles. The Morgan fingerprint density at radius 1 is 1.43 bits per heavy atom. The summed E-state index contributed by atoms with van der Waals surface area (Å²) in [6.45, 7) is 6.76. The summed E-state index contributed by atoms with van der Waals surface area (Å²) in [5.41, 5.74) is 8.26. The Hall–Kier alpha value is -1.86. The van der Waals surface area contributed by atoms with Crippen LogP contribution in [0, 0.1) is 0 Å². The van der Waals surface area contributed by atoms with Crippen molar-refractivity contribution >= 4 is 16.9 Å². The van der Waals surface area contributed by atoms with Crippen LogP contribution in [0.4, 0.5) is 5.82 Å². The average molecular weight is 291 g/mol. The second kappa shape index (κ2) is 5.87. The number of nitrogens with one attached hydrogen (secondary N) is 1. The van der Waals surface area contributed by atoms with Crippen LogP contribution >= 0.6 is 0 Å². The number of hydrogen-bond acceptors (Lipinski definition) is 5. The van der Waals surface area contributed by atoms with Crippen molar-refractivity contribution in [2.45, 2.75) is 26.4 Å². The normalized spacial score (nSPS) is 16.6. The third kappa shape index (κ3) is 2.79. The van der Waals surface area contributed by atoms with Gasteiger partial charge in [0.1, 0.15) is 11.3 Å². The minimum absolute atomic E-state index is 0.121. The van der Waals surface area contributed by atoms with Gasteiger partial charge in [-0.15, -0.1) is 0 Å². The van der Waals surface area contributed by atoms with Crippen LogP contribution in [0.5, 0.6) is 0 Å². The Morgan fingerprint density at radius 2 is 2.19 bits per heavy atom. The van der Waals surface area contributed by atoms with E-state index < -0.39 is 0 Å². The van der Waals surface area contributed by atoms with Crippen LogP contribution in [-0.4, -0.2) is 45.7 Å². The number of rotatable bonds is 4. The SMILES string of the molecule is CCCn1c(=O)[nH]c2c(N)nc(CN3CCOCC3)cc21. The van der Waals surface area contributed by atoms with Gasteiger partial charge in [-0.1, -0.05) is 6.92 Å². The molecule has 114 valence electrons. The van der Waals surface area contributed by atoms with Crippen LogP contribution in [0.15, 0.2) is 10.9 Å². The van der Waals surface area contributed by atoms with Crippen molar-refractivity contribution in [3.8, 4) is 0 Å². The fourth-order valence-electron chi connectivity index (χ4n) is 2.74. The van der Waals surface area contributed by atoms with E-state index >= 15 is 0 Å². The molecule has 0 unspecified atom stereocenters. The molecule has 7 nitrogen and oxygen atoms in total. The fourth-order valence-corrected chi connectivity index (χ4v) is 2.74. The third-order valence-electron chi connectivity index (χ3n) is 3.78. The zero-order valence-corrected chi connectivity index (χ0v) is 12.3. The van der Waals surface area contributed by atoms with Gasteiger partial charge >= 0.3 is 5.69 Å². The quantitative estimate of drug-likeness (QED) is 0.858. The molecular formula is C14H21N5O2. The molecule has 2 aromatic rings. The maximum Gasteiger partial charge on any atom is 0.326 e. The summed E-state index contributed by atoms with van der Waals surface area (Å²) in [4.78, 5) is 21.5. The number of anilines is 1. The minimum atomic E-state index is -0.121. The molecule has 1 aliphatic heterocycles. The van der Waals surface area contributed by atoms with E-state index in [9.17, 15) is 4.79 Å². The highest BCUT2D eigenvalue weighted by Gasteiger charge is 2.15. The predicted molar refractivity (Wildman–Crippen MR) is 81.2 cm³/mol. The molecule has 1 saturated heterocycles. The number of ether oxygens (including phenoxy) is 1. The molecule has 0 spiro atoms. The number of aromatic nitrogens is 3. The number of nitrogens with two attached hydrogens (primary N) is 1. The molecular weight excluding hydrogens is 270 g/mol. The maximum atomic E-state index is 12.0. The van der Waals surface area contributed by atoms with Gasteiger partial charge in [0.2, 0.25) is 0 Å². The van der Waals surface area contributed by atoms with Crippen molar-refractivity contribution in [1.29, 1.82) is 0 Å². The molecule has 0 aliphatic carbocycles. The van der Waals surface area contributed by atoms with E-state index in [0.29, 0.717) is 17.9 Å². The number of hydrogen-bond donors (Lipinski definition) is 2. The molecule has 0 saturated carbocycles. The van der Waals surface area contributed by atoms with Crippen molar-refractivity contribution in [3.05, 3.63) is 22.2 Å². The molecule has 3 rings (SSSR count). The van der Waals surface area contributed by atoms with E-state index in [4.69, 9.17) is 10.5 Å². The zero-order valence-electron chi connectivity index (χ0n) is 12.3. The Morgan fingerprint density at radius 3 is 2.90 bits per heavy atom. The van der Waals surface area contributed by atoms with Crippen molar-refractivity contribution in [3.63, 3.8) is 0 Å². The first kappa shape index (κ1) is 14.1.